The van der Waals surface area contributed by atoms with E-state index in [9.17, 15) is 31.1 Å². The molecule has 9 aromatic rings. The van der Waals surface area contributed by atoms with Crippen LogP contribution in [0.3, 0.4) is 0 Å². The zero-order valence-electron chi connectivity index (χ0n) is 44.4. The third-order valence-corrected chi connectivity index (χ3v) is 14.5. The molecule has 0 unspecified atom stereocenters. The van der Waals surface area contributed by atoms with Crippen molar-refractivity contribution in [3.8, 4) is 0 Å². The first-order chi connectivity index (χ1) is 37.9. The number of Topliss-reactive ketones (excluding diaryl/α,β-unsaturated/α-hetero) is 1. The van der Waals surface area contributed by atoms with Gasteiger partial charge in [-0.25, -0.2) is 74.6 Å². The number of pyridine rings is 2. The largest absolute Gasteiger partial charge is 0.397 e. The Hall–Kier alpha value is -6.65. The average molecular weight is 1210 g/mol. The minimum absolute atomic E-state index is 0. The predicted octanol–water partition coefficient (Wildman–Crippen LogP) is 11.6. The van der Waals surface area contributed by atoms with Crippen LogP contribution in [-0.4, -0.2) is 108 Å². The Morgan fingerprint density at radius 2 is 1.09 bits per heavy atom. The zero-order chi connectivity index (χ0) is 57.7. The molecule has 3 aliphatic carbocycles. The van der Waals surface area contributed by atoms with Crippen LogP contribution < -0.4 is 22.3 Å². The van der Waals surface area contributed by atoms with E-state index in [2.05, 4.69) is 71.0 Å². The number of nitrogens with one attached hydrogen (secondary N) is 2. The number of carbonyl (C=O) groups excluding carboxylic acids is 1. The van der Waals surface area contributed by atoms with E-state index in [1.807, 2.05) is 46.0 Å². The smallest absolute Gasteiger partial charge is 0.248 e. The van der Waals surface area contributed by atoms with Gasteiger partial charge in [0.2, 0.25) is 34.3 Å². The van der Waals surface area contributed by atoms with Crippen molar-refractivity contribution in [2.75, 3.05) is 11.1 Å². The molecule has 81 heavy (non-hydrogen) atoms. The van der Waals surface area contributed by atoms with Crippen molar-refractivity contribution in [3.63, 3.8) is 0 Å². The van der Waals surface area contributed by atoms with Crippen molar-refractivity contribution >= 4 is 104 Å². The molecule has 3 fully saturated rings. The van der Waals surface area contributed by atoms with E-state index >= 15 is 0 Å². The van der Waals surface area contributed by atoms with Crippen LogP contribution in [0.1, 0.15) is 129 Å². The number of aryl methyl sites for hydroxylation is 4. The summed E-state index contributed by atoms with van der Waals surface area (Å²) in [5, 5.41) is 22.3. The highest BCUT2D eigenvalue weighted by atomic mass is 35.5. The number of anilines is 3. The van der Waals surface area contributed by atoms with E-state index < -0.39 is 17.8 Å². The monoisotopic (exact) mass is 1210 g/mol. The molecule has 0 amide bonds. The number of hydrogen-bond donors (Lipinski definition) is 4. The number of nitrogens with zero attached hydrogens (tertiary/aromatic N) is 16. The fraction of sp³-hybridized carbons (Fsp3) is 0.460. The van der Waals surface area contributed by atoms with Gasteiger partial charge in [0.1, 0.15) is 17.8 Å². The summed E-state index contributed by atoms with van der Waals surface area (Å²) < 4.78 is 85.3. The fourth-order valence-corrected chi connectivity index (χ4v) is 9.75. The molecule has 0 radical (unpaired) electrons. The minimum atomic E-state index is -2.58. The van der Waals surface area contributed by atoms with Crippen molar-refractivity contribution in [1.82, 2.24) is 84.1 Å². The summed E-state index contributed by atoms with van der Waals surface area (Å²) >= 11 is 16.8. The maximum absolute atomic E-state index is 13.6. The first-order valence-corrected chi connectivity index (χ1v) is 26.5. The second-order valence-electron chi connectivity index (χ2n) is 19.8. The third-order valence-electron chi connectivity index (χ3n) is 13.9. The Bertz CT molecular complexity index is 3570. The number of fused-ring (bicyclic) bond motifs is 4. The van der Waals surface area contributed by atoms with Crippen LogP contribution in [0, 0.1) is 27.7 Å². The summed E-state index contributed by atoms with van der Waals surface area (Å²) in [7, 11) is 0. The average Bonchev–Trinajstić information content (AvgIpc) is 4.16. The Morgan fingerprint density at radius 1 is 0.630 bits per heavy atom. The summed E-state index contributed by atoms with van der Waals surface area (Å²) in [6.45, 7) is 9.04. The molecule has 0 saturated heterocycles. The number of hydrogen-bond acceptors (Lipinski definition) is 17. The number of rotatable bonds is 6. The number of carbonyl (C=O) groups is 1. The molecular formula is C50H58Cl4F6N20O. The number of ketones is 1. The lowest BCUT2D eigenvalue weighted by atomic mass is 9.92. The lowest BCUT2D eigenvalue weighted by Gasteiger charge is -2.28. The quantitative estimate of drug-likeness (QED) is 0.0301. The van der Waals surface area contributed by atoms with Crippen LogP contribution in [0.5, 0.6) is 0 Å². The van der Waals surface area contributed by atoms with Gasteiger partial charge < -0.3 is 11.1 Å². The molecule has 3 saturated carbocycles. The predicted molar refractivity (Wildman–Crippen MR) is 297 cm³/mol. The van der Waals surface area contributed by atoms with E-state index in [0.717, 1.165) is 56.0 Å². The molecule has 0 aliphatic heterocycles. The Morgan fingerprint density at radius 3 is 1.59 bits per heavy atom. The van der Waals surface area contributed by atoms with E-state index in [1.54, 1.807) is 37.0 Å². The molecule has 31 heteroatoms. The summed E-state index contributed by atoms with van der Waals surface area (Å²) in [6.07, 6.45) is 13.3. The number of aromatic nitrogens is 16. The molecule has 12 rings (SSSR count). The second kappa shape index (κ2) is 26.1. The lowest BCUT2D eigenvalue weighted by Crippen LogP contribution is -2.40. The highest BCUT2D eigenvalue weighted by Crippen LogP contribution is 2.41. The Balaban J connectivity index is 0.000000157. The van der Waals surface area contributed by atoms with Crippen LogP contribution in [-0.2, 0) is 0 Å². The standard InChI is InChI=1S/C19H20F2N8.C12H13ClF2N4.C7H8N4.C6H4Cl2N2O.C6H12F2N2.ClH/c1-11-7-16-23-10-24-28(16)9-15(11)25-18-22-8-14-12(2)27-29(17(14)26-18)13-3-5-19(20,21)6-4-13;1-7-9-6-16-11(13)17-10(9)19(18-7)8-2-4-12(14,15)5-3-8;1-5-2-7-9-4-10-11(7)3-6(5)8;1-3(11)4-2-9-6(8)10-5(4)7;7-6(8)3-1-5(10-9)2-4-6;/h7-10,13H,3-6H2,1-2H3,(H,22,25,26);6,8H,2-5H2,1H3;2-4H,8H2,1H3;2H,1H3;5,10H,1-4,9H2;1H. The molecule has 3 aliphatic rings. The summed E-state index contributed by atoms with van der Waals surface area (Å²) in [5.74, 6) is -2.21. The topological polar surface area (TPSA) is 267 Å². The van der Waals surface area contributed by atoms with Gasteiger partial charge in [0.15, 0.2) is 28.4 Å². The van der Waals surface area contributed by atoms with Crippen molar-refractivity contribution in [3.05, 3.63) is 99.6 Å². The van der Waals surface area contributed by atoms with Crippen LogP contribution >= 0.6 is 47.2 Å². The van der Waals surface area contributed by atoms with Crippen molar-refractivity contribution in [2.45, 2.75) is 148 Å². The van der Waals surface area contributed by atoms with E-state index in [1.165, 1.54) is 25.8 Å². The number of nitrogens with two attached hydrogens (primary N) is 2. The maximum atomic E-state index is 13.6. The van der Waals surface area contributed by atoms with Gasteiger partial charge in [-0.3, -0.25) is 16.1 Å². The van der Waals surface area contributed by atoms with Crippen molar-refractivity contribution in [2.24, 2.45) is 5.84 Å². The normalized spacial score (nSPS) is 16.9. The summed E-state index contributed by atoms with van der Waals surface area (Å²) in [5.41, 5.74) is 16.5. The van der Waals surface area contributed by atoms with Gasteiger partial charge in [0.05, 0.1) is 63.6 Å². The van der Waals surface area contributed by atoms with E-state index in [0.29, 0.717) is 55.8 Å². The zero-order valence-corrected chi connectivity index (χ0v) is 47.5. The molecule has 0 atom stereocenters. The van der Waals surface area contributed by atoms with Gasteiger partial charge in [0, 0.05) is 63.2 Å². The number of hydrazine groups is 1. The Kier molecular flexibility index (Phi) is 19.9. The van der Waals surface area contributed by atoms with E-state index in [4.69, 9.17) is 46.4 Å². The molecular weight excluding hydrogens is 1150 g/mol. The van der Waals surface area contributed by atoms with Gasteiger partial charge >= 0.3 is 0 Å². The SMILES string of the molecule is CC(=O)c1cnc(Cl)nc1Cl.Cc1cc2ncnn2cc1N.Cc1cc2ncnn2cc1Nc1ncc2c(C)nn(C3CCC(F)(F)CC3)c2n1.Cc1nn(C2CCC(F)(F)CC2)c2nc(Cl)ncc12.Cl.NNC1CCC(F)(F)CC1. The van der Waals surface area contributed by atoms with Crippen LogP contribution in [0.15, 0.2) is 55.8 Å². The van der Waals surface area contributed by atoms with Crippen molar-refractivity contribution in [1.29, 1.82) is 0 Å². The fourth-order valence-electron chi connectivity index (χ4n) is 9.18. The molecule has 0 spiro atoms. The Labute approximate surface area is 480 Å². The van der Waals surface area contributed by atoms with Gasteiger partial charge in [-0.1, -0.05) is 11.6 Å². The maximum Gasteiger partial charge on any atom is 0.248 e. The molecule has 6 N–H and O–H groups in total. The molecule has 434 valence electrons. The number of halogens is 10. The lowest BCUT2D eigenvalue weighted by molar-refractivity contribution is -0.0451. The third kappa shape index (κ3) is 15.7. The van der Waals surface area contributed by atoms with Crippen LogP contribution in [0.4, 0.5) is 43.7 Å². The van der Waals surface area contributed by atoms with Gasteiger partial charge in [-0.05, 0) is 120 Å². The minimum Gasteiger partial charge on any atom is -0.397 e. The molecule has 9 aromatic heterocycles. The first-order valence-electron chi connectivity index (χ1n) is 25.4. The molecule has 21 nitrogen and oxygen atoms in total. The van der Waals surface area contributed by atoms with E-state index in [-0.39, 0.29) is 96.1 Å². The second-order valence-corrected chi connectivity index (χ2v) is 20.8. The van der Waals surface area contributed by atoms with Crippen LogP contribution in [0.2, 0.25) is 15.7 Å². The highest BCUT2D eigenvalue weighted by molar-refractivity contribution is 6.34. The van der Waals surface area contributed by atoms with Gasteiger partial charge in [0.25, 0.3) is 0 Å². The number of alkyl halides is 6. The van der Waals surface area contributed by atoms with Crippen LogP contribution in [0.25, 0.3) is 33.4 Å². The molecule has 0 bridgehead atoms. The highest BCUT2D eigenvalue weighted by Gasteiger charge is 2.38. The van der Waals surface area contributed by atoms with Gasteiger partial charge in [-0.2, -0.15) is 30.4 Å². The first kappa shape index (κ1) is 62.0. The molecule has 0 aromatic carbocycles. The van der Waals surface area contributed by atoms with Crippen molar-refractivity contribution < 1.29 is 31.1 Å². The molecule has 9 heterocycles. The van der Waals surface area contributed by atoms with Gasteiger partial charge in [-0.15, -0.1) is 12.4 Å². The number of nitrogen functional groups attached to an aromatic ring is 1. The summed E-state index contributed by atoms with van der Waals surface area (Å²) in [4.78, 5) is 43.3. The summed E-state index contributed by atoms with van der Waals surface area (Å²) in [6, 6.07) is 3.80.